The highest BCUT2D eigenvalue weighted by atomic mass is 32.2. The van der Waals surface area contributed by atoms with E-state index in [2.05, 4.69) is 15.6 Å². The van der Waals surface area contributed by atoms with Gasteiger partial charge in [-0.15, -0.1) is 0 Å². The number of carbonyl (C=O) groups is 2. The fraction of sp³-hybridized carbons (Fsp3) is 0.188. The molecule has 0 unspecified atom stereocenters. The number of benzene rings is 1. The van der Waals surface area contributed by atoms with Crippen LogP contribution in [-0.4, -0.2) is 29.6 Å². The first-order valence-electron chi connectivity index (χ1n) is 7.07. The lowest BCUT2D eigenvalue weighted by molar-refractivity contribution is -0.137. The summed E-state index contributed by atoms with van der Waals surface area (Å²) in [4.78, 5) is 27.0. The summed E-state index contributed by atoms with van der Waals surface area (Å²) >= 11 is 1.02. The molecule has 1 heterocycles. The number of carbonyl (C=O) groups excluding carboxylic acids is 2. The normalized spacial score (nSPS) is 11.0. The number of nitrogens with zero attached hydrogens (tertiary/aromatic N) is 1. The number of thioether (sulfide) groups is 1. The number of aromatic nitrogens is 1. The lowest BCUT2D eigenvalue weighted by Gasteiger charge is -2.07. The fourth-order valence-corrected chi connectivity index (χ4v) is 2.46. The minimum absolute atomic E-state index is 0.00440. The summed E-state index contributed by atoms with van der Waals surface area (Å²) in [6.45, 7) is 0. The molecule has 1 aromatic carbocycles. The Bertz CT molecular complexity index is 747. The van der Waals surface area contributed by atoms with Crippen LogP contribution in [0.15, 0.2) is 47.6 Å². The third-order valence-electron chi connectivity index (χ3n) is 3.07. The molecule has 2 aromatic rings. The first-order valence-corrected chi connectivity index (χ1v) is 8.06. The Hall–Kier alpha value is -2.55. The third kappa shape index (κ3) is 5.49. The Balaban J connectivity index is 1.87. The van der Waals surface area contributed by atoms with Crippen LogP contribution in [0.3, 0.4) is 0 Å². The van der Waals surface area contributed by atoms with Gasteiger partial charge in [-0.2, -0.15) is 13.2 Å². The van der Waals surface area contributed by atoms with Gasteiger partial charge >= 0.3 is 6.18 Å². The van der Waals surface area contributed by atoms with Crippen molar-refractivity contribution in [3.8, 4) is 0 Å². The van der Waals surface area contributed by atoms with Crippen molar-refractivity contribution in [1.82, 2.24) is 10.3 Å². The molecule has 2 N–H and O–H groups in total. The van der Waals surface area contributed by atoms with E-state index in [-0.39, 0.29) is 17.6 Å². The van der Waals surface area contributed by atoms with Crippen molar-refractivity contribution in [1.29, 1.82) is 0 Å². The molecule has 0 fully saturated rings. The van der Waals surface area contributed by atoms with Gasteiger partial charge in [-0.05, 0) is 36.4 Å². The average molecular weight is 369 g/mol. The Morgan fingerprint density at radius 3 is 2.32 bits per heavy atom. The van der Waals surface area contributed by atoms with Gasteiger partial charge < -0.3 is 10.6 Å². The minimum Gasteiger partial charge on any atom is -0.355 e. The predicted octanol–water partition coefficient (Wildman–Crippen LogP) is 3.19. The molecule has 1 aromatic heterocycles. The van der Waals surface area contributed by atoms with Crippen molar-refractivity contribution in [2.45, 2.75) is 11.2 Å². The largest absolute Gasteiger partial charge is 0.417 e. The number of anilines is 1. The Morgan fingerprint density at radius 2 is 1.80 bits per heavy atom. The molecule has 0 spiro atoms. The summed E-state index contributed by atoms with van der Waals surface area (Å²) in [6.07, 6.45) is -3.70. The molecule has 0 aliphatic rings. The van der Waals surface area contributed by atoms with Gasteiger partial charge in [0.2, 0.25) is 5.91 Å². The van der Waals surface area contributed by atoms with Gasteiger partial charge in [0.05, 0.1) is 16.3 Å². The molecule has 0 aliphatic heterocycles. The number of rotatable bonds is 5. The number of nitrogens with one attached hydrogen (secondary N) is 2. The number of amides is 2. The second-order valence-corrected chi connectivity index (χ2v) is 5.87. The molecule has 0 saturated heterocycles. The number of alkyl halides is 3. The van der Waals surface area contributed by atoms with Crippen LogP contribution >= 0.6 is 11.8 Å². The van der Waals surface area contributed by atoms with E-state index in [1.807, 2.05) is 0 Å². The number of pyridine rings is 1. The molecular weight excluding hydrogens is 355 g/mol. The quantitative estimate of drug-likeness (QED) is 0.794. The molecule has 0 atom stereocenters. The van der Waals surface area contributed by atoms with E-state index in [9.17, 15) is 22.8 Å². The summed E-state index contributed by atoms with van der Waals surface area (Å²) in [6, 6.07) is 8.45. The second kappa shape index (κ2) is 8.02. The van der Waals surface area contributed by atoms with Crippen molar-refractivity contribution < 1.29 is 22.8 Å². The van der Waals surface area contributed by atoms with Crippen LogP contribution in [0.25, 0.3) is 0 Å². The van der Waals surface area contributed by atoms with Gasteiger partial charge in [-0.25, -0.2) is 4.98 Å². The standard InChI is InChI=1S/C16H14F3N3O2S/c1-20-15(24)10-2-5-12(6-3-10)22-13(23)9-25-14-7-4-11(8-21-14)16(17,18)19/h2-8H,9H2,1H3,(H,20,24)(H,22,23). The monoisotopic (exact) mass is 369 g/mol. The lowest BCUT2D eigenvalue weighted by Crippen LogP contribution is -2.18. The summed E-state index contributed by atoms with van der Waals surface area (Å²) < 4.78 is 37.3. The summed E-state index contributed by atoms with van der Waals surface area (Å²) in [5.74, 6) is -0.573. The first-order chi connectivity index (χ1) is 11.8. The van der Waals surface area contributed by atoms with Crippen LogP contribution in [0.4, 0.5) is 18.9 Å². The van der Waals surface area contributed by atoms with Crippen LogP contribution in [0.1, 0.15) is 15.9 Å². The van der Waals surface area contributed by atoms with E-state index in [0.717, 1.165) is 24.0 Å². The van der Waals surface area contributed by atoms with Crippen molar-refractivity contribution in [2.75, 3.05) is 18.1 Å². The molecule has 0 bridgehead atoms. The van der Waals surface area contributed by atoms with Gasteiger partial charge in [0.25, 0.3) is 5.91 Å². The highest BCUT2D eigenvalue weighted by Crippen LogP contribution is 2.29. The zero-order valence-electron chi connectivity index (χ0n) is 13.1. The second-order valence-electron chi connectivity index (χ2n) is 4.88. The van der Waals surface area contributed by atoms with Gasteiger partial charge in [0, 0.05) is 24.5 Å². The maximum absolute atomic E-state index is 12.4. The summed E-state index contributed by atoms with van der Waals surface area (Å²) in [7, 11) is 1.52. The predicted molar refractivity (Wildman–Crippen MR) is 88.4 cm³/mol. The minimum atomic E-state index is -4.44. The van der Waals surface area contributed by atoms with Crippen LogP contribution in [0, 0.1) is 0 Å². The summed E-state index contributed by atoms with van der Waals surface area (Å²) in [5, 5.41) is 5.44. The lowest BCUT2D eigenvalue weighted by atomic mass is 10.2. The SMILES string of the molecule is CNC(=O)c1ccc(NC(=O)CSc2ccc(C(F)(F)F)cn2)cc1. The highest BCUT2D eigenvalue weighted by Gasteiger charge is 2.30. The number of hydrogen-bond donors (Lipinski definition) is 2. The Kier molecular flexibility index (Phi) is 6.02. The van der Waals surface area contributed by atoms with E-state index in [4.69, 9.17) is 0 Å². The summed E-state index contributed by atoms with van der Waals surface area (Å²) in [5.41, 5.74) is 0.139. The van der Waals surface area contributed by atoms with Crippen LogP contribution in [0.5, 0.6) is 0 Å². The Labute approximate surface area is 146 Å². The van der Waals surface area contributed by atoms with Crippen molar-refractivity contribution in [2.24, 2.45) is 0 Å². The van der Waals surface area contributed by atoms with Crippen molar-refractivity contribution >= 4 is 29.3 Å². The number of hydrogen-bond acceptors (Lipinski definition) is 4. The molecule has 2 amide bonds. The molecular formula is C16H14F3N3O2S. The van der Waals surface area contributed by atoms with E-state index in [1.54, 1.807) is 24.3 Å². The van der Waals surface area contributed by atoms with Gasteiger partial charge in [0.1, 0.15) is 0 Å². The smallest absolute Gasteiger partial charge is 0.355 e. The third-order valence-corrected chi connectivity index (χ3v) is 4.02. The van der Waals surface area contributed by atoms with Gasteiger partial charge in [-0.3, -0.25) is 9.59 Å². The van der Waals surface area contributed by atoms with Crippen LogP contribution < -0.4 is 10.6 Å². The molecule has 0 saturated carbocycles. The average Bonchev–Trinajstić information content (AvgIpc) is 2.59. The van der Waals surface area contributed by atoms with Gasteiger partial charge in [0.15, 0.2) is 0 Å². The molecule has 9 heteroatoms. The van der Waals surface area contributed by atoms with E-state index in [1.165, 1.54) is 13.1 Å². The van der Waals surface area contributed by atoms with E-state index >= 15 is 0 Å². The molecule has 0 radical (unpaired) electrons. The molecule has 25 heavy (non-hydrogen) atoms. The van der Waals surface area contributed by atoms with Gasteiger partial charge in [-0.1, -0.05) is 11.8 Å². The maximum atomic E-state index is 12.4. The molecule has 2 rings (SSSR count). The fourth-order valence-electron chi connectivity index (χ4n) is 1.82. The van der Waals surface area contributed by atoms with E-state index < -0.39 is 11.7 Å². The molecule has 132 valence electrons. The molecule has 5 nitrogen and oxygen atoms in total. The zero-order valence-corrected chi connectivity index (χ0v) is 13.9. The Morgan fingerprint density at radius 1 is 1.12 bits per heavy atom. The molecule has 0 aliphatic carbocycles. The zero-order chi connectivity index (χ0) is 18.4. The van der Waals surface area contributed by atoms with Crippen molar-refractivity contribution in [3.05, 3.63) is 53.7 Å². The number of halogens is 3. The van der Waals surface area contributed by atoms with Crippen molar-refractivity contribution in [3.63, 3.8) is 0 Å². The topological polar surface area (TPSA) is 71.1 Å². The first kappa shape index (κ1) is 18.8. The maximum Gasteiger partial charge on any atom is 0.417 e. The highest BCUT2D eigenvalue weighted by molar-refractivity contribution is 7.99. The van der Waals surface area contributed by atoms with Crippen LogP contribution in [-0.2, 0) is 11.0 Å². The van der Waals surface area contributed by atoms with Crippen LogP contribution in [0.2, 0.25) is 0 Å². The van der Waals surface area contributed by atoms with E-state index in [0.29, 0.717) is 16.3 Å².